The fourth-order valence-electron chi connectivity index (χ4n) is 4.82. The number of carbonyl (C=O) groups is 2. The molecule has 0 aliphatic carbocycles. The first-order chi connectivity index (χ1) is 15.6. The van der Waals surface area contributed by atoms with Gasteiger partial charge in [-0.15, -0.1) is 0 Å². The van der Waals surface area contributed by atoms with Crippen LogP contribution in [0.4, 0.5) is 11.4 Å². The molecule has 3 unspecified atom stereocenters. The molecule has 0 aromatic heterocycles. The normalized spacial score (nSPS) is 23.2. The van der Waals surface area contributed by atoms with Gasteiger partial charge in [0, 0.05) is 18.8 Å². The number of unbranched alkanes of at least 4 members (excludes halogenated alkanes) is 1. The van der Waals surface area contributed by atoms with Crippen LogP contribution in [0.15, 0.2) is 54.6 Å². The summed E-state index contributed by atoms with van der Waals surface area (Å²) < 4.78 is 0. The fourth-order valence-corrected chi connectivity index (χ4v) is 4.82. The monoisotopic (exact) mass is 434 g/mol. The molecule has 2 fully saturated rings. The summed E-state index contributed by atoms with van der Waals surface area (Å²) >= 11 is 0. The van der Waals surface area contributed by atoms with Crippen molar-refractivity contribution in [2.45, 2.75) is 45.6 Å². The van der Waals surface area contributed by atoms with Crippen molar-refractivity contribution in [2.24, 2.45) is 11.8 Å². The Hall–Kier alpha value is -2.70. The van der Waals surface area contributed by atoms with Crippen LogP contribution in [0.3, 0.4) is 0 Å². The summed E-state index contributed by atoms with van der Waals surface area (Å²) in [6, 6.07) is 17.5. The maximum atomic E-state index is 13.4. The van der Waals surface area contributed by atoms with Crippen LogP contribution < -0.4 is 15.8 Å². The lowest BCUT2D eigenvalue weighted by molar-refractivity contribution is -0.126. The minimum absolute atomic E-state index is 0.0303. The molecular formula is C26H34N4O2. The van der Waals surface area contributed by atoms with E-state index in [-0.39, 0.29) is 29.7 Å². The molecule has 0 saturated carbocycles. The number of hydrogen-bond acceptors (Lipinski definition) is 4. The molecule has 6 heteroatoms. The lowest BCUT2D eigenvalue weighted by Gasteiger charge is -2.38. The van der Waals surface area contributed by atoms with Gasteiger partial charge in [0.25, 0.3) is 0 Å². The minimum Gasteiger partial charge on any atom is -0.326 e. The topological polar surface area (TPSA) is 64.7 Å². The molecule has 2 heterocycles. The number of hydrogen-bond donors (Lipinski definition) is 2. The van der Waals surface area contributed by atoms with Crippen molar-refractivity contribution < 1.29 is 9.59 Å². The summed E-state index contributed by atoms with van der Waals surface area (Å²) in [6.07, 6.45) is 4.39. The van der Waals surface area contributed by atoms with Gasteiger partial charge in [0.1, 0.15) is 0 Å². The fraction of sp³-hybridized carbons (Fsp3) is 0.462. The Bertz CT molecular complexity index is 915. The molecular weight excluding hydrogens is 400 g/mol. The zero-order chi connectivity index (χ0) is 22.5. The van der Waals surface area contributed by atoms with Crippen LogP contribution in [-0.2, 0) is 16.0 Å². The zero-order valence-electron chi connectivity index (χ0n) is 19.1. The number of nitrogens with one attached hydrogen (secondary N) is 2. The van der Waals surface area contributed by atoms with Gasteiger partial charge >= 0.3 is 0 Å². The van der Waals surface area contributed by atoms with Gasteiger partial charge in [-0.2, -0.15) is 0 Å². The Labute approximate surface area is 190 Å². The van der Waals surface area contributed by atoms with E-state index in [0.29, 0.717) is 13.1 Å². The molecule has 2 amide bonds. The van der Waals surface area contributed by atoms with Crippen LogP contribution in [0.5, 0.6) is 0 Å². The van der Waals surface area contributed by atoms with Gasteiger partial charge in [-0.25, -0.2) is 10.4 Å². The number of para-hydroxylation sites is 1. The maximum absolute atomic E-state index is 13.4. The van der Waals surface area contributed by atoms with E-state index in [1.807, 2.05) is 42.5 Å². The van der Waals surface area contributed by atoms with Crippen LogP contribution in [0, 0.1) is 11.8 Å². The van der Waals surface area contributed by atoms with Gasteiger partial charge in [-0.3, -0.25) is 9.59 Å². The maximum Gasteiger partial charge on any atom is 0.247 e. The first-order valence-electron chi connectivity index (χ1n) is 11.9. The number of hydrazine groups is 1. The number of nitrogens with zero attached hydrogens (tertiary/aromatic N) is 2. The highest BCUT2D eigenvalue weighted by molar-refractivity contribution is 6.00. The van der Waals surface area contributed by atoms with Crippen LogP contribution in [0.1, 0.15) is 38.7 Å². The lowest BCUT2D eigenvalue weighted by Crippen LogP contribution is -2.56. The van der Waals surface area contributed by atoms with E-state index >= 15 is 0 Å². The molecule has 0 spiro atoms. The van der Waals surface area contributed by atoms with Crippen molar-refractivity contribution in [3.63, 3.8) is 0 Å². The number of benzene rings is 2. The first-order valence-corrected chi connectivity index (χ1v) is 11.9. The van der Waals surface area contributed by atoms with Crippen LogP contribution in [0.25, 0.3) is 0 Å². The third-order valence-corrected chi connectivity index (χ3v) is 6.52. The summed E-state index contributed by atoms with van der Waals surface area (Å²) in [4.78, 5) is 28.9. The van der Waals surface area contributed by atoms with Crippen molar-refractivity contribution in [2.75, 3.05) is 30.0 Å². The van der Waals surface area contributed by atoms with Gasteiger partial charge in [0.2, 0.25) is 11.8 Å². The smallest absolute Gasteiger partial charge is 0.247 e. The Morgan fingerprint density at radius 3 is 2.47 bits per heavy atom. The third kappa shape index (κ3) is 4.87. The number of rotatable bonds is 8. The third-order valence-electron chi connectivity index (χ3n) is 6.52. The molecule has 2 aliphatic rings. The second kappa shape index (κ2) is 10.3. The van der Waals surface area contributed by atoms with Gasteiger partial charge in [-0.05, 0) is 55.6 Å². The standard InChI is InChI=1S/C26H34N4O2/c1-3-5-9-19-12-14-20(15-13-19)27-25(31)22-17-29(16-4-2)18-23-24(22)28-30(26(23)32)21-10-7-6-8-11-21/h6-8,10-15,22-24,28H,3-5,9,16-18H2,1-2H3,(H,27,31). The Morgan fingerprint density at radius 1 is 1.03 bits per heavy atom. The first kappa shape index (κ1) is 22.5. The zero-order valence-corrected chi connectivity index (χ0v) is 19.1. The highest BCUT2D eigenvalue weighted by Crippen LogP contribution is 2.32. The Kier molecular flexibility index (Phi) is 7.22. The van der Waals surface area contributed by atoms with Gasteiger partial charge in [0.05, 0.1) is 23.6 Å². The lowest BCUT2D eigenvalue weighted by atomic mass is 9.84. The van der Waals surface area contributed by atoms with E-state index in [9.17, 15) is 9.59 Å². The van der Waals surface area contributed by atoms with Gasteiger partial charge in [-0.1, -0.05) is 50.6 Å². The van der Waals surface area contributed by atoms with Crippen LogP contribution >= 0.6 is 0 Å². The number of aryl methyl sites for hydroxylation is 1. The highest BCUT2D eigenvalue weighted by atomic mass is 16.2. The van der Waals surface area contributed by atoms with Crippen LogP contribution in [-0.4, -0.2) is 42.4 Å². The van der Waals surface area contributed by atoms with E-state index in [1.165, 1.54) is 18.4 Å². The molecule has 4 rings (SSSR count). The van der Waals surface area contributed by atoms with E-state index in [0.717, 1.165) is 30.8 Å². The molecule has 2 saturated heterocycles. The van der Waals surface area contributed by atoms with E-state index < -0.39 is 0 Å². The molecule has 3 atom stereocenters. The van der Waals surface area contributed by atoms with E-state index in [1.54, 1.807) is 5.01 Å². The number of carbonyl (C=O) groups excluding carboxylic acids is 2. The Morgan fingerprint density at radius 2 is 1.78 bits per heavy atom. The summed E-state index contributed by atoms with van der Waals surface area (Å²) in [6.45, 7) is 6.54. The second-order valence-corrected chi connectivity index (χ2v) is 8.93. The van der Waals surface area contributed by atoms with Gasteiger partial charge in [0.15, 0.2) is 0 Å². The molecule has 2 aromatic rings. The summed E-state index contributed by atoms with van der Waals surface area (Å²) in [5.74, 6) is -0.530. The molecule has 6 nitrogen and oxygen atoms in total. The second-order valence-electron chi connectivity index (χ2n) is 8.93. The summed E-state index contributed by atoms with van der Waals surface area (Å²) in [5.41, 5.74) is 6.28. The average Bonchev–Trinajstić information content (AvgIpc) is 3.15. The SMILES string of the molecule is CCCCc1ccc(NC(=O)C2CN(CCC)CC3C(=O)N(c4ccccc4)NC23)cc1. The van der Waals surface area contributed by atoms with Crippen molar-refractivity contribution in [1.29, 1.82) is 0 Å². The van der Waals surface area contributed by atoms with Gasteiger partial charge < -0.3 is 10.2 Å². The average molecular weight is 435 g/mol. The van der Waals surface area contributed by atoms with Crippen molar-refractivity contribution in [1.82, 2.24) is 10.3 Å². The predicted octanol–water partition coefficient (Wildman–Crippen LogP) is 3.85. The molecule has 170 valence electrons. The number of fused-ring (bicyclic) bond motifs is 1. The number of anilines is 2. The molecule has 2 aliphatic heterocycles. The molecule has 32 heavy (non-hydrogen) atoms. The quantitative estimate of drug-likeness (QED) is 0.663. The van der Waals surface area contributed by atoms with E-state index in [4.69, 9.17) is 0 Å². The summed E-state index contributed by atoms with van der Waals surface area (Å²) in [5, 5.41) is 4.74. The number of piperidine rings is 1. The van der Waals surface area contributed by atoms with E-state index in [2.05, 4.69) is 41.6 Å². The van der Waals surface area contributed by atoms with Crippen molar-refractivity contribution in [3.8, 4) is 0 Å². The molecule has 0 radical (unpaired) electrons. The summed E-state index contributed by atoms with van der Waals surface area (Å²) in [7, 11) is 0. The number of amides is 2. The van der Waals surface area contributed by atoms with Crippen molar-refractivity contribution in [3.05, 3.63) is 60.2 Å². The highest BCUT2D eigenvalue weighted by Gasteiger charge is 2.50. The number of likely N-dealkylation sites (tertiary alicyclic amines) is 1. The largest absolute Gasteiger partial charge is 0.326 e. The molecule has 0 bridgehead atoms. The molecule has 2 N–H and O–H groups in total. The van der Waals surface area contributed by atoms with Crippen molar-refractivity contribution >= 4 is 23.2 Å². The Balaban J connectivity index is 1.50. The molecule has 2 aromatic carbocycles. The van der Waals surface area contributed by atoms with Crippen LogP contribution in [0.2, 0.25) is 0 Å². The predicted molar refractivity (Wildman–Crippen MR) is 128 cm³/mol. The minimum atomic E-state index is -0.308.